The van der Waals surface area contributed by atoms with Crippen LogP contribution < -0.4 is 10.6 Å². The van der Waals surface area contributed by atoms with Crippen LogP contribution in [0.25, 0.3) is 0 Å². The van der Waals surface area contributed by atoms with Crippen LogP contribution in [0, 0.1) is 5.92 Å². The highest BCUT2D eigenvalue weighted by atomic mass is 15.2. The molecule has 1 aliphatic rings. The third-order valence-electron chi connectivity index (χ3n) is 4.50. The number of nitrogens with zero attached hydrogens (tertiary/aromatic N) is 2. The lowest BCUT2D eigenvalue weighted by Crippen LogP contribution is -2.48. The molecule has 4 nitrogen and oxygen atoms in total. The molecule has 0 aliphatic carbocycles. The first-order chi connectivity index (χ1) is 11.7. The first kappa shape index (κ1) is 18.8. The maximum Gasteiger partial charge on any atom is 0.191 e. The fraction of sp³-hybridized carbons (Fsp3) is 0.650. The highest BCUT2D eigenvalue weighted by molar-refractivity contribution is 5.80. The topological polar surface area (TPSA) is 39.7 Å². The number of piperidine rings is 1. The van der Waals surface area contributed by atoms with Crippen molar-refractivity contribution in [2.45, 2.75) is 52.6 Å². The van der Waals surface area contributed by atoms with Gasteiger partial charge in [0.25, 0.3) is 0 Å². The molecule has 1 aliphatic heterocycles. The monoisotopic (exact) mass is 330 g/mol. The normalized spacial score (nSPS) is 17.2. The number of benzene rings is 1. The molecule has 134 valence electrons. The minimum Gasteiger partial charge on any atom is -0.357 e. The van der Waals surface area contributed by atoms with E-state index >= 15 is 0 Å². The molecular weight excluding hydrogens is 296 g/mol. The molecule has 0 amide bonds. The van der Waals surface area contributed by atoms with Crippen molar-refractivity contribution in [3.05, 3.63) is 35.9 Å². The summed E-state index contributed by atoms with van der Waals surface area (Å²) in [5, 5.41) is 7.01. The molecule has 0 atom stereocenters. The van der Waals surface area contributed by atoms with E-state index in [0.29, 0.717) is 12.0 Å². The van der Waals surface area contributed by atoms with Gasteiger partial charge in [0.05, 0.1) is 0 Å². The molecule has 1 saturated heterocycles. The second kappa shape index (κ2) is 10.3. The Kier molecular flexibility index (Phi) is 8.10. The quantitative estimate of drug-likeness (QED) is 0.595. The van der Waals surface area contributed by atoms with Gasteiger partial charge >= 0.3 is 0 Å². The van der Waals surface area contributed by atoms with Crippen LogP contribution in [-0.4, -0.2) is 43.1 Å². The van der Waals surface area contributed by atoms with Crippen LogP contribution in [0.3, 0.4) is 0 Å². The lowest BCUT2D eigenvalue weighted by atomic mass is 10.0. The molecule has 1 heterocycles. The largest absolute Gasteiger partial charge is 0.357 e. The van der Waals surface area contributed by atoms with E-state index in [4.69, 9.17) is 4.99 Å². The maximum absolute atomic E-state index is 4.72. The van der Waals surface area contributed by atoms with Gasteiger partial charge in [-0.25, -0.2) is 0 Å². The number of nitrogens with one attached hydrogen (secondary N) is 2. The molecule has 0 bridgehead atoms. The third kappa shape index (κ3) is 6.91. The Bertz CT molecular complexity index is 476. The molecule has 1 aromatic carbocycles. The Balaban J connectivity index is 1.75. The van der Waals surface area contributed by atoms with Crippen LogP contribution in [0.15, 0.2) is 35.3 Å². The molecule has 0 radical (unpaired) electrons. The molecule has 0 unspecified atom stereocenters. The van der Waals surface area contributed by atoms with Gasteiger partial charge in [-0.1, -0.05) is 44.2 Å². The minimum atomic E-state index is 0.536. The van der Waals surface area contributed by atoms with Crippen LogP contribution in [0.1, 0.15) is 45.6 Å². The molecule has 24 heavy (non-hydrogen) atoms. The number of guanidine groups is 1. The summed E-state index contributed by atoms with van der Waals surface area (Å²) < 4.78 is 0. The Hall–Kier alpha value is -1.55. The number of hydrogen-bond acceptors (Lipinski definition) is 2. The minimum absolute atomic E-state index is 0.536. The van der Waals surface area contributed by atoms with E-state index < -0.39 is 0 Å². The number of aliphatic imine (C=N–C) groups is 1. The summed E-state index contributed by atoms with van der Waals surface area (Å²) >= 11 is 0. The first-order valence-corrected chi connectivity index (χ1v) is 9.48. The number of rotatable bonds is 7. The predicted octanol–water partition coefficient (Wildman–Crippen LogP) is 3.25. The average molecular weight is 331 g/mol. The second-order valence-electron chi connectivity index (χ2n) is 7.12. The summed E-state index contributed by atoms with van der Waals surface area (Å²) in [6.07, 6.45) is 3.51. The van der Waals surface area contributed by atoms with Gasteiger partial charge in [0.2, 0.25) is 0 Å². The Labute approximate surface area is 147 Å². The van der Waals surface area contributed by atoms with Gasteiger partial charge in [-0.05, 0) is 37.7 Å². The van der Waals surface area contributed by atoms with Gasteiger partial charge in [-0.2, -0.15) is 0 Å². The highest BCUT2D eigenvalue weighted by Gasteiger charge is 2.19. The summed E-state index contributed by atoms with van der Waals surface area (Å²) in [7, 11) is 0. The lowest BCUT2D eigenvalue weighted by molar-refractivity contribution is 0.198. The Morgan fingerprint density at radius 1 is 1.21 bits per heavy atom. The van der Waals surface area contributed by atoms with Gasteiger partial charge in [0.15, 0.2) is 5.96 Å². The SMILES string of the molecule is CCNC(=NCCC(C)C)NC1CCN(Cc2ccccc2)CC1. The summed E-state index contributed by atoms with van der Waals surface area (Å²) in [4.78, 5) is 7.27. The molecule has 4 heteroatoms. The molecule has 0 spiro atoms. The Morgan fingerprint density at radius 3 is 2.54 bits per heavy atom. The van der Waals surface area contributed by atoms with Crippen molar-refractivity contribution in [2.75, 3.05) is 26.2 Å². The van der Waals surface area contributed by atoms with Crippen LogP contribution >= 0.6 is 0 Å². The molecule has 2 N–H and O–H groups in total. The number of hydrogen-bond donors (Lipinski definition) is 2. The predicted molar refractivity (Wildman–Crippen MR) is 103 cm³/mol. The summed E-state index contributed by atoms with van der Waals surface area (Å²) in [6.45, 7) is 11.8. The molecule has 0 aromatic heterocycles. The van der Waals surface area contributed by atoms with Gasteiger partial charge in [0, 0.05) is 38.8 Å². The van der Waals surface area contributed by atoms with Crippen molar-refractivity contribution >= 4 is 5.96 Å². The van der Waals surface area contributed by atoms with E-state index in [2.05, 4.69) is 66.6 Å². The molecule has 2 rings (SSSR count). The molecule has 0 saturated carbocycles. The van der Waals surface area contributed by atoms with Crippen molar-refractivity contribution in [2.24, 2.45) is 10.9 Å². The highest BCUT2D eigenvalue weighted by Crippen LogP contribution is 2.13. The zero-order chi connectivity index (χ0) is 17.2. The van der Waals surface area contributed by atoms with E-state index in [0.717, 1.165) is 45.1 Å². The maximum atomic E-state index is 4.72. The second-order valence-corrected chi connectivity index (χ2v) is 7.12. The van der Waals surface area contributed by atoms with Gasteiger partial charge in [0.1, 0.15) is 0 Å². The van der Waals surface area contributed by atoms with Crippen molar-refractivity contribution in [1.82, 2.24) is 15.5 Å². The van der Waals surface area contributed by atoms with Gasteiger partial charge < -0.3 is 10.6 Å². The summed E-state index contributed by atoms with van der Waals surface area (Å²) in [5.74, 6) is 1.69. The lowest BCUT2D eigenvalue weighted by Gasteiger charge is -2.33. The van der Waals surface area contributed by atoms with Crippen molar-refractivity contribution in [3.63, 3.8) is 0 Å². The fourth-order valence-electron chi connectivity index (χ4n) is 3.02. The van der Waals surface area contributed by atoms with E-state index in [9.17, 15) is 0 Å². The van der Waals surface area contributed by atoms with E-state index in [1.165, 1.54) is 18.4 Å². The third-order valence-corrected chi connectivity index (χ3v) is 4.50. The van der Waals surface area contributed by atoms with Crippen molar-refractivity contribution in [3.8, 4) is 0 Å². The molecular formula is C20H34N4. The van der Waals surface area contributed by atoms with Crippen LogP contribution in [0.4, 0.5) is 0 Å². The van der Waals surface area contributed by atoms with Crippen molar-refractivity contribution < 1.29 is 0 Å². The Morgan fingerprint density at radius 2 is 1.92 bits per heavy atom. The van der Waals surface area contributed by atoms with E-state index in [1.54, 1.807) is 0 Å². The van der Waals surface area contributed by atoms with Crippen LogP contribution in [0.2, 0.25) is 0 Å². The van der Waals surface area contributed by atoms with Crippen LogP contribution in [0.5, 0.6) is 0 Å². The molecule has 1 fully saturated rings. The van der Waals surface area contributed by atoms with E-state index in [-0.39, 0.29) is 0 Å². The average Bonchev–Trinajstić information content (AvgIpc) is 2.57. The fourth-order valence-corrected chi connectivity index (χ4v) is 3.02. The number of likely N-dealkylation sites (tertiary alicyclic amines) is 1. The summed E-state index contributed by atoms with van der Waals surface area (Å²) in [6, 6.07) is 11.3. The van der Waals surface area contributed by atoms with Gasteiger partial charge in [-0.3, -0.25) is 9.89 Å². The zero-order valence-corrected chi connectivity index (χ0v) is 15.6. The van der Waals surface area contributed by atoms with Gasteiger partial charge in [-0.15, -0.1) is 0 Å². The molecule has 1 aromatic rings. The summed E-state index contributed by atoms with van der Waals surface area (Å²) in [5.41, 5.74) is 1.41. The van der Waals surface area contributed by atoms with Crippen LogP contribution in [-0.2, 0) is 6.54 Å². The standard InChI is InChI=1S/C20H34N4/c1-4-21-20(22-13-10-17(2)3)23-19-11-14-24(15-12-19)16-18-8-6-5-7-9-18/h5-9,17,19H,4,10-16H2,1-3H3,(H2,21,22,23). The first-order valence-electron chi connectivity index (χ1n) is 9.48. The van der Waals surface area contributed by atoms with E-state index in [1.807, 2.05) is 0 Å². The van der Waals surface area contributed by atoms with Crippen molar-refractivity contribution in [1.29, 1.82) is 0 Å². The zero-order valence-electron chi connectivity index (χ0n) is 15.6. The smallest absolute Gasteiger partial charge is 0.191 e.